The number of hydrogen-bond acceptors (Lipinski definition) is 7. The van der Waals surface area contributed by atoms with Crippen molar-refractivity contribution in [1.82, 2.24) is 25.3 Å². The predicted molar refractivity (Wildman–Crippen MR) is 130 cm³/mol. The van der Waals surface area contributed by atoms with E-state index in [0.717, 1.165) is 41.5 Å². The number of aromatic nitrogens is 4. The molecule has 0 aliphatic carbocycles. The Hall–Kier alpha value is -3.72. The summed E-state index contributed by atoms with van der Waals surface area (Å²) in [5.74, 6) is 1.40. The van der Waals surface area contributed by atoms with Crippen molar-refractivity contribution in [2.24, 2.45) is 0 Å². The highest BCUT2D eigenvalue weighted by atomic mass is 16.5. The number of ether oxygens (including phenoxy) is 2. The van der Waals surface area contributed by atoms with E-state index in [1.54, 1.807) is 19.8 Å². The molecule has 2 atom stereocenters. The van der Waals surface area contributed by atoms with Crippen molar-refractivity contribution in [3.05, 3.63) is 54.6 Å². The van der Waals surface area contributed by atoms with Crippen molar-refractivity contribution in [1.29, 1.82) is 0 Å². The van der Waals surface area contributed by atoms with Crippen LogP contribution in [0, 0.1) is 0 Å². The van der Waals surface area contributed by atoms with E-state index in [-0.39, 0.29) is 18.1 Å². The van der Waals surface area contributed by atoms with Gasteiger partial charge in [-0.2, -0.15) is 0 Å². The summed E-state index contributed by atoms with van der Waals surface area (Å²) >= 11 is 0. The van der Waals surface area contributed by atoms with Crippen LogP contribution in [0.15, 0.2) is 49.1 Å². The molecule has 4 aromatic rings. The molecule has 34 heavy (non-hydrogen) atoms. The number of fused-ring (bicyclic) bond motifs is 2. The molecule has 1 aliphatic heterocycles. The smallest absolute Gasteiger partial charge is 0.251 e. The fourth-order valence-corrected chi connectivity index (χ4v) is 4.39. The summed E-state index contributed by atoms with van der Waals surface area (Å²) in [6.07, 6.45) is 5.17. The van der Waals surface area contributed by atoms with E-state index in [2.05, 4.69) is 30.2 Å². The fourth-order valence-electron chi connectivity index (χ4n) is 4.39. The summed E-state index contributed by atoms with van der Waals surface area (Å²) in [6, 6.07) is 11.8. The van der Waals surface area contributed by atoms with E-state index in [1.807, 2.05) is 43.3 Å². The van der Waals surface area contributed by atoms with Gasteiger partial charge in [-0.05, 0) is 37.3 Å². The molecule has 2 N–H and O–H groups in total. The van der Waals surface area contributed by atoms with Crippen LogP contribution >= 0.6 is 0 Å². The summed E-state index contributed by atoms with van der Waals surface area (Å²) in [6.45, 7) is 3.73. The van der Waals surface area contributed by atoms with Crippen LogP contribution in [-0.2, 0) is 4.74 Å². The van der Waals surface area contributed by atoms with Gasteiger partial charge in [0.15, 0.2) is 11.5 Å². The summed E-state index contributed by atoms with van der Waals surface area (Å²) in [5.41, 5.74) is 2.06. The van der Waals surface area contributed by atoms with Gasteiger partial charge in [0.1, 0.15) is 24.2 Å². The molecule has 176 valence electrons. The van der Waals surface area contributed by atoms with E-state index in [4.69, 9.17) is 9.47 Å². The van der Waals surface area contributed by atoms with Gasteiger partial charge < -0.3 is 24.7 Å². The van der Waals surface area contributed by atoms with Gasteiger partial charge in [-0.3, -0.25) is 4.79 Å². The molecule has 1 amide bonds. The molecule has 0 spiro atoms. The maximum absolute atomic E-state index is 12.8. The Kier molecular flexibility index (Phi) is 6.27. The number of carbonyl (C=O) groups excluding carboxylic acids is 1. The largest absolute Gasteiger partial charge is 0.491 e. The number of amides is 1. The van der Waals surface area contributed by atoms with Gasteiger partial charge in [-0.1, -0.05) is 24.3 Å². The molecule has 0 bridgehead atoms. The lowest BCUT2D eigenvalue weighted by Gasteiger charge is -2.26. The number of carbonyl (C=O) groups is 1. The van der Waals surface area contributed by atoms with Gasteiger partial charge in [0, 0.05) is 31.1 Å². The van der Waals surface area contributed by atoms with Crippen LogP contribution in [-0.4, -0.2) is 64.8 Å². The van der Waals surface area contributed by atoms with Gasteiger partial charge in [0.25, 0.3) is 5.91 Å². The number of hydrogen-bond donors (Lipinski definition) is 2. The predicted octanol–water partition coefficient (Wildman–Crippen LogP) is 3.32. The summed E-state index contributed by atoms with van der Waals surface area (Å²) in [4.78, 5) is 31.2. The van der Waals surface area contributed by atoms with Crippen LogP contribution < -0.4 is 15.0 Å². The topological polar surface area (TPSA) is 105 Å². The molecule has 5 rings (SSSR count). The number of anilines is 1. The van der Waals surface area contributed by atoms with Crippen LogP contribution in [0.3, 0.4) is 0 Å². The Bertz CT molecular complexity index is 1310. The second-order valence-electron chi connectivity index (χ2n) is 8.55. The molecule has 2 aromatic carbocycles. The average molecular weight is 461 g/mol. The van der Waals surface area contributed by atoms with Gasteiger partial charge in [-0.15, -0.1) is 0 Å². The minimum atomic E-state index is -0.149. The third-order valence-electron chi connectivity index (χ3n) is 6.32. The Balaban J connectivity index is 1.38. The van der Waals surface area contributed by atoms with Crippen molar-refractivity contribution in [2.45, 2.75) is 31.9 Å². The molecular weight excluding hydrogens is 432 g/mol. The standard InChI is InChI=1S/C25H28N6O3/c1-16(33-2)12-26-25(32)18-10-17-6-3-4-8-20(17)21(11-18)34-13-19-7-5-9-31(19)24-22-23(28-14-27-22)29-15-30-24/h3-4,6,8,10-11,14-16,19H,5,7,9,12-13H2,1-2H3,(H,26,32)(H,27,28,29,30)/t16?,19-/m1/s1. The van der Waals surface area contributed by atoms with Crippen molar-refractivity contribution in [3.63, 3.8) is 0 Å². The summed E-state index contributed by atoms with van der Waals surface area (Å²) < 4.78 is 11.6. The molecule has 1 aliphatic rings. The van der Waals surface area contributed by atoms with Crippen LogP contribution in [0.1, 0.15) is 30.1 Å². The van der Waals surface area contributed by atoms with Crippen LogP contribution in [0.2, 0.25) is 0 Å². The number of methoxy groups -OCH3 is 1. The zero-order valence-corrected chi connectivity index (χ0v) is 19.3. The third-order valence-corrected chi connectivity index (χ3v) is 6.32. The molecule has 9 heteroatoms. The highest BCUT2D eigenvalue weighted by Crippen LogP contribution is 2.31. The highest BCUT2D eigenvalue weighted by molar-refractivity contribution is 6.00. The first-order chi connectivity index (χ1) is 16.6. The minimum Gasteiger partial charge on any atom is -0.491 e. The number of aromatic amines is 1. The van der Waals surface area contributed by atoms with E-state index in [0.29, 0.717) is 30.1 Å². The van der Waals surface area contributed by atoms with Gasteiger partial charge in [-0.25, -0.2) is 15.0 Å². The number of rotatable bonds is 8. The first-order valence-corrected chi connectivity index (χ1v) is 11.5. The monoisotopic (exact) mass is 460 g/mol. The van der Waals surface area contributed by atoms with Crippen molar-refractivity contribution in [2.75, 3.05) is 31.7 Å². The molecule has 9 nitrogen and oxygen atoms in total. The van der Waals surface area contributed by atoms with Gasteiger partial charge >= 0.3 is 0 Å². The molecule has 0 radical (unpaired) electrons. The lowest BCUT2D eigenvalue weighted by molar-refractivity contribution is 0.0870. The maximum Gasteiger partial charge on any atom is 0.251 e. The zero-order chi connectivity index (χ0) is 23.5. The molecule has 1 fully saturated rings. The van der Waals surface area contributed by atoms with Crippen LogP contribution in [0.5, 0.6) is 5.75 Å². The minimum absolute atomic E-state index is 0.0587. The lowest BCUT2D eigenvalue weighted by atomic mass is 10.1. The van der Waals surface area contributed by atoms with E-state index >= 15 is 0 Å². The van der Waals surface area contributed by atoms with Crippen molar-refractivity contribution < 1.29 is 14.3 Å². The molecule has 3 heterocycles. The highest BCUT2D eigenvalue weighted by Gasteiger charge is 2.28. The number of H-pyrrole nitrogens is 1. The molecular formula is C25H28N6O3. The van der Waals surface area contributed by atoms with Gasteiger partial charge in [0.05, 0.1) is 18.5 Å². The van der Waals surface area contributed by atoms with Crippen molar-refractivity contribution >= 4 is 33.7 Å². The quantitative estimate of drug-likeness (QED) is 0.416. The molecule has 1 unspecified atom stereocenters. The Morgan fingerprint density at radius 2 is 2.15 bits per heavy atom. The maximum atomic E-state index is 12.8. The summed E-state index contributed by atoms with van der Waals surface area (Å²) in [7, 11) is 1.63. The fraction of sp³-hybridized carbons (Fsp3) is 0.360. The van der Waals surface area contributed by atoms with Crippen molar-refractivity contribution in [3.8, 4) is 5.75 Å². The Morgan fingerprint density at radius 3 is 3.03 bits per heavy atom. The second kappa shape index (κ2) is 9.64. The average Bonchev–Trinajstić information content (AvgIpc) is 3.54. The SMILES string of the molecule is COC(C)CNC(=O)c1cc(OC[C@H]2CCCN2c2ncnc3nc[nH]c23)c2ccccc2c1. The third kappa shape index (κ3) is 4.38. The van der Waals surface area contributed by atoms with E-state index in [9.17, 15) is 4.79 Å². The summed E-state index contributed by atoms with van der Waals surface area (Å²) in [5, 5.41) is 4.87. The van der Waals surface area contributed by atoms with Crippen LogP contribution in [0.25, 0.3) is 21.9 Å². The Morgan fingerprint density at radius 1 is 1.26 bits per heavy atom. The first kappa shape index (κ1) is 22.1. The molecule has 0 saturated carbocycles. The number of nitrogens with one attached hydrogen (secondary N) is 2. The first-order valence-electron chi connectivity index (χ1n) is 11.5. The van der Waals surface area contributed by atoms with Gasteiger partial charge in [0.2, 0.25) is 0 Å². The zero-order valence-electron chi connectivity index (χ0n) is 19.3. The van der Waals surface area contributed by atoms with E-state index < -0.39 is 0 Å². The van der Waals surface area contributed by atoms with Crippen LogP contribution in [0.4, 0.5) is 5.82 Å². The lowest BCUT2D eigenvalue weighted by Crippen LogP contribution is -2.35. The Labute approximate surface area is 197 Å². The molecule has 2 aromatic heterocycles. The second-order valence-corrected chi connectivity index (χ2v) is 8.55. The number of benzene rings is 2. The molecule has 1 saturated heterocycles. The van der Waals surface area contributed by atoms with E-state index in [1.165, 1.54) is 0 Å². The number of nitrogens with zero attached hydrogens (tertiary/aromatic N) is 4. The number of imidazole rings is 1. The normalized spacial score (nSPS) is 16.8.